The van der Waals surface area contributed by atoms with Gasteiger partial charge in [-0.05, 0) is 18.8 Å². The van der Waals surface area contributed by atoms with E-state index in [0.717, 1.165) is 23.4 Å². The smallest absolute Gasteiger partial charge is 0.330 e. The minimum absolute atomic E-state index is 0.311. The third kappa shape index (κ3) is 2.68. The maximum absolute atomic E-state index is 12.3. The van der Waals surface area contributed by atoms with Gasteiger partial charge in [-0.3, -0.25) is 9.69 Å². The van der Waals surface area contributed by atoms with E-state index >= 15 is 0 Å². The molecule has 3 rings (SSSR count). The summed E-state index contributed by atoms with van der Waals surface area (Å²) >= 11 is 1.36. The number of anilines is 1. The fourth-order valence-corrected chi connectivity index (χ4v) is 3.95. The summed E-state index contributed by atoms with van der Waals surface area (Å²) in [5.74, 6) is 0.676. The standard InChI is InChI=1S/C18H16N2O3S/c1-2-15(21)20(18(17(22)23)10-6-7-11-18)14-12-24-16(19-14)13-8-4-3-5-9-13/h1,3-5,8-9,12H,6-7,10-11H2,(H,22,23). The Morgan fingerprint density at radius 3 is 2.50 bits per heavy atom. The van der Waals surface area contributed by atoms with Crippen LogP contribution in [0.1, 0.15) is 25.7 Å². The molecular formula is C18H16N2O3S. The Morgan fingerprint density at radius 1 is 1.25 bits per heavy atom. The number of aromatic nitrogens is 1. The molecule has 1 aromatic carbocycles. The number of nitrogens with zero attached hydrogens (tertiary/aromatic N) is 2. The molecule has 2 aromatic rings. The van der Waals surface area contributed by atoms with Gasteiger partial charge in [0.1, 0.15) is 16.4 Å². The topological polar surface area (TPSA) is 70.5 Å². The van der Waals surface area contributed by atoms with Crippen LogP contribution in [-0.4, -0.2) is 27.5 Å². The SMILES string of the molecule is C#CC(=O)N(c1csc(-c2ccccc2)n1)C1(C(=O)O)CCCC1. The Bertz CT molecular complexity index is 801. The Kier molecular flexibility index (Phi) is 4.36. The molecule has 6 heteroatoms. The number of terminal acetylenes is 1. The van der Waals surface area contributed by atoms with E-state index in [4.69, 9.17) is 6.42 Å². The molecule has 1 aromatic heterocycles. The first-order chi connectivity index (χ1) is 11.6. The molecule has 0 radical (unpaired) electrons. The van der Waals surface area contributed by atoms with Crippen LogP contribution in [0.2, 0.25) is 0 Å². The van der Waals surface area contributed by atoms with Crippen molar-refractivity contribution >= 4 is 29.0 Å². The molecule has 0 aliphatic heterocycles. The van der Waals surface area contributed by atoms with E-state index in [1.807, 2.05) is 30.3 Å². The summed E-state index contributed by atoms with van der Waals surface area (Å²) < 4.78 is 0. The van der Waals surface area contributed by atoms with Crippen molar-refractivity contribution in [3.63, 3.8) is 0 Å². The average Bonchev–Trinajstić information content (AvgIpc) is 3.26. The molecule has 1 aliphatic rings. The van der Waals surface area contributed by atoms with E-state index in [1.54, 1.807) is 5.38 Å². The molecular weight excluding hydrogens is 324 g/mol. The highest BCUT2D eigenvalue weighted by atomic mass is 32.1. The molecule has 1 fully saturated rings. The fraction of sp³-hybridized carbons (Fsp3) is 0.278. The number of amides is 1. The summed E-state index contributed by atoms with van der Waals surface area (Å²) in [6.45, 7) is 0. The van der Waals surface area contributed by atoms with Gasteiger partial charge in [0.2, 0.25) is 0 Å². The molecule has 1 heterocycles. The van der Waals surface area contributed by atoms with Crippen LogP contribution in [0.4, 0.5) is 5.82 Å². The van der Waals surface area contributed by atoms with E-state index in [1.165, 1.54) is 16.2 Å². The van der Waals surface area contributed by atoms with Gasteiger partial charge in [-0.15, -0.1) is 17.8 Å². The number of rotatable bonds is 4. The van der Waals surface area contributed by atoms with Crippen molar-refractivity contribution in [2.45, 2.75) is 31.2 Å². The van der Waals surface area contributed by atoms with E-state index in [9.17, 15) is 14.7 Å². The van der Waals surface area contributed by atoms with Gasteiger partial charge in [-0.2, -0.15) is 0 Å². The first kappa shape index (κ1) is 16.2. The van der Waals surface area contributed by atoms with Crippen LogP contribution in [0, 0.1) is 12.3 Å². The number of aliphatic carboxylic acids is 1. The van der Waals surface area contributed by atoms with Gasteiger partial charge in [-0.25, -0.2) is 9.78 Å². The number of carboxylic acids is 1. The molecule has 24 heavy (non-hydrogen) atoms. The number of thiazole rings is 1. The zero-order valence-corrected chi connectivity index (χ0v) is 13.8. The van der Waals surface area contributed by atoms with Crippen molar-refractivity contribution < 1.29 is 14.7 Å². The highest BCUT2D eigenvalue weighted by Crippen LogP contribution is 2.40. The van der Waals surface area contributed by atoms with E-state index in [2.05, 4.69) is 10.9 Å². The van der Waals surface area contributed by atoms with Gasteiger partial charge in [0.15, 0.2) is 0 Å². The van der Waals surface area contributed by atoms with Gasteiger partial charge >= 0.3 is 11.9 Å². The monoisotopic (exact) mass is 340 g/mol. The molecule has 0 saturated heterocycles. The summed E-state index contributed by atoms with van der Waals surface area (Å²) in [5, 5.41) is 12.2. The lowest BCUT2D eigenvalue weighted by Crippen LogP contribution is -2.55. The van der Waals surface area contributed by atoms with Crippen LogP contribution in [0.15, 0.2) is 35.7 Å². The van der Waals surface area contributed by atoms with E-state index in [0.29, 0.717) is 18.7 Å². The van der Waals surface area contributed by atoms with Crippen molar-refractivity contribution in [1.82, 2.24) is 4.98 Å². The van der Waals surface area contributed by atoms with Gasteiger partial charge < -0.3 is 5.11 Å². The second-order valence-electron chi connectivity index (χ2n) is 5.71. The summed E-state index contributed by atoms with van der Waals surface area (Å²) in [4.78, 5) is 30.0. The molecule has 1 aliphatic carbocycles. The molecule has 1 amide bonds. The lowest BCUT2D eigenvalue weighted by Gasteiger charge is -2.34. The lowest BCUT2D eigenvalue weighted by molar-refractivity contribution is -0.144. The Labute approximate surface area is 144 Å². The minimum atomic E-state index is -1.30. The van der Waals surface area contributed by atoms with Crippen molar-refractivity contribution in [3.8, 4) is 22.9 Å². The predicted octanol–water partition coefficient (Wildman–Crippen LogP) is 3.17. The normalized spacial score (nSPS) is 15.6. The maximum atomic E-state index is 12.3. The molecule has 0 atom stereocenters. The second kappa shape index (κ2) is 6.46. The van der Waals surface area contributed by atoms with Crippen molar-refractivity contribution in [1.29, 1.82) is 0 Å². The van der Waals surface area contributed by atoms with Crippen LogP contribution in [-0.2, 0) is 9.59 Å². The van der Waals surface area contributed by atoms with Crippen molar-refractivity contribution in [3.05, 3.63) is 35.7 Å². The molecule has 122 valence electrons. The van der Waals surface area contributed by atoms with Crippen molar-refractivity contribution in [2.24, 2.45) is 0 Å². The lowest BCUT2D eigenvalue weighted by atomic mass is 9.95. The molecule has 0 bridgehead atoms. The number of carboxylic acid groups (broad SMARTS) is 1. The molecule has 1 saturated carbocycles. The fourth-order valence-electron chi connectivity index (χ4n) is 3.16. The number of carbonyl (C=O) groups excluding carboxylic acids is 1. The van der Waals surface area contributed by atoms with Crippen LogP contribution < -0.4 is 4.90 Å². The quantitative estimate of drug-likeness (QED) is 0.868. The van der Waals surface area contributed by atoms with Crippen molar-refractivity contribution in [2.75, 3.05) is 4.90 Å². The zero-order valence-electron chi connectivity index (χ0n) is 12.9. The summed E-state index contributed by atoms with van der Waals surface area (Å²) in [6.07, 6.45) is 7.55. The zero-order chi connectivity index (χ0) is 17.2. The maximum Gasteiger partial charge on any atom is 0.330 e. The number of hydrogen-bond acceptors (Lipinski definition) is 4. The summed E-state index contributed by atoms with van der Waals surface area (Å²) in [5.41, 5.74) is -0.386. The number of benzene rings is 1. The molecule has 0 unspecified atom stereocenters. The molecule has 1 N–H and O–H groups in total. The Hall–Kier alpha value is -2.65. The van der Waals surface area contributed by atoms with Crippen LogP contribution >= 0.6 is 11.3 Å². The highest BCUT2D eigenvalue weighted by molar-refractivity contribution is 7.13. The second-order valence-corrected chi connectivity index (χ2v) is 6.56. The van der Waals surface area contributed by atoms with Gasteiger partial charge in [0.05, 0.1) is 0 Å². The van der Waals surface area contributed by atoms with Crippen LogP contribution in [0.5, 0.6) is 0 Å². The summed E-state index contributed by atoms with van der Waals surface area (Å²) in [6, 6.07) is 9.54. The highest BCUT2D eigenvalue weighted by Gasteiger charge is 2.50. The van der Waals surface area contributed by atoms with Gasteiger partial charge in [-0.1, -0.05) is 43.2 Å². The van der Waals surface area contributed by atoms with Gasteiger partial charge in [0, 0.05) is 10.9 Å². The minimum Gasteiger partial charge on any atom is -0.479 e. The third-order valence-electron chi connectivity index (χ3n) is 4.33. The average molecular weight is 340 g/mol. The van der Waals surface area contributed by atoms with Crippen LogP contribution in [0.3, 0.4) is 0 Å². The Balaban J connectivity index is 2.05. The number of carbonyl (C=O) groups is 2. The third-order valence-corrected chi connectivity index (χ3v) is 5.20. The molecule has 5 nitrogen and oxygen atoms in total. The summed E-state index contributed by atoms with van der Waals surface area (Å²) in [7, 11) is 0. The van der Waals surface area contributed by atoms with E-state index in [-0.39, 0.29) is 0 Å². The van der Waals surface area contributed by atoms with Gasteiger partial charge in [0.25, 0.3) is 0 Å². The Morgan fingerprint density at radius 2 is 1.92 bits per heavy atom. The van der Waals surface area contributed by atoms with E-state index < -0.39 is 17.4 Å². The largest absolute Gasteiger partial charge is 0.479 e. The first-order valence-corrected chi connectivity index (χ1v) is 8.51. The predicted molar refractivity (Wildman–Crippen MR) is 92.7 cm³/mol. The number of hydrogen-bond donors (Lipinski definition) is 1. The van der Waals surface area contributed by atoms with Crippen LogP contribution in [0.25, 0.3) is 10.6 Å². The first-order valence-electron chi connectivity index (χ1n) is 7.63. The molecule has 0 spiro atoms.